The van der Waals surface area contributed by atoms with E-state index in [-0.39, 0.29) is 11.2 Å². The van der Waals surface area contributed by atoms with E-state index in [4.69, 9.17) is 11.6 Å². The van der Waals surface area contributed by atoms with Crippen molar-refractivity contribution in [1.82, 2.24) is 0 Å². The molecule has 0 radical (unpaired) electrons. The number of hydrogen-bond donors (Lipinski definition) is 0. The summed E-state index contributed by atoms with van der Waals surface area (Å²) in [6, 6.07) is 7.30. The maximum Gasteiger partial charge on any atom is 0.185 e. The lowest BCUT2D eigenvalue weighted by molar-refractivity contribution is -0.113. The molecule has 1 aromatic rings. The van der Waals surface area contributed by atoms with Crippen molar-refractivity contribution in [2.24, 2.45) is 15.6 Å². The van der Waals surface area contributed by atoms with Crippen molar-refractivity contribution in [3.63, 3.8) is 0 Å². The van der Waals surface area contributed by atoms with Crippen molar-refractivity contribution >= 4 is 23.1 Å². The Morgan fingerprint density at radius 3 is 2.39 bits per heavy atom. The third-order valence-electron chi connectivity index (χ3n) is 3.66. The van der Waals surface area contributed by atoms with E-state index in [0.29, 0.717) is 10.7 Å². The Bertz CT molecular complexity index is 762. The van der Waals surface area contributed by atoms with Crippen molar-refractivity contribution < 1.29 is 4.79 Å². The third kappa shape index (κ3) is 4.05. The van der Waals surface area contributed by atoms with E-state index in [9.17, 15) is 4.79 Å². The Labute approximate surface area is 142 Å². The molecule has 0 unspecified atom stereocenters. The van der Waals surface area contributed by atoms with Crippen LogP contribution in [0.2, 0.25) is 5.02 Å². The van der Waals surface area contributed by atoms with E-state index < -0.39 is 0 Å². The number of halogens is 1. The summed E-state index contributed by atoms with van der Waals surface area (Å²) >= 11 is 6.08. The Kier molecular flexibility index (Phi) is 5.00. The number of Topliss-reactive ketones (excluding diaryl/α,β-unsaturated/α-hetero) is 1. The van der Waals surface area contributed by atoms with Gasteiger partial charge >= 0.3 is 0 Å². The van der Waals surface area contributed by atoms with Gasteiger partial charge in [0.2, 0.25) is 0 Å². The minimum Gasteiger partial charge on any atom is -0.289 e. The highest BCUT2D eigenvalue weighted by Crippen LogP contribution is 2.34. The molecule has 23 heavy (non-hydrogen) atoms. The molecular weight excluding hydrogens is 308 g/mol. The van der Waals surface area contributed by atoms with E-state index in [0.717, 1.165) is 22.4 Å². The van der Waals surface area contributed by atoms with E-state index in [1.54, 1.807) is 6.07 Å². The van der Waals surface area contributed by atoms with Gasteiger partial charge in [0.15, 0.2) is 5.78 Å². The monoisotopic (exact) mass is 328 g/mol. The summed E-state index contributed by atoms with van der Waals surface area (Å²) in [7, 11) is 0. The zero-order valence-corrected chi connectivity index (χ0v) is 14.9. The van der Waals surface area contributed by atoms with Crippen LogP contribution >= 0.6 is 11.6 Å². The molecule has 0 N–H and O–H groups in total. The number of ketones is 1. The van der Waals surface area contributed by atoms with Crippen molar-refractivity contribution in [2.45, 2.75) is 34.6 Å². The van der Waals surface area contributed by atoms with Gasteiger partial charge in [-0.2, -0.15) is 5.11 Å². The summed E-state index contributed by atoms with van der Waals surface area (Å²) in [6.45, 7) is 9.82. The third-order valence-corrected chi connectivity index (χ3v) is 3.98. The van der Waals surface area contributed by atoms with Crippen LogP contribution in [0.1, 0.15) is 34.6 Å². The molecule has 0 bridgehead atoms. The number of carbonyl (C=O) groups is 1. The molecule has 0 saturated carbocycles. The summed E-state index contributed by atoms with van der Waals surface area (Å²) < 4.78 is 0. The molecular formula is C19H21ClN2O. The predicted octanol–water partition coefficient (Wildman–Crippen LogP) is 6.20. The summed E-state index contributed by atoms with van der Waals surface area (Å²) in [5.41, 5.74) is 3.58. The summed E-state index contributed by atoms with van der Waals surface area (Å²) in [5.74, 6) is 0.0945. The molecule has 1 aliphatic carbocycles. The fourth-order valence-corrected chi connectivity index (χ4v) is 2.43. The van der Waals surface area contributed by atoms with E-state index >= 15 is 0 Å². The quantitative estimate of drug-likeness (QED) is 0.596. The molecule has 1 aliphatic rings. The Hall–Kier alpha value is -2.00. The first-order chi connectivity index (χ1) is 10.7. The average Bonchev–Trinajstić information content (AvgIpc) is 2.47. The van der Waals surface area contributed by atoms with Crippen LogP contribution in [0.25, 0.3) is 0 Å². The molecule has 4 heteroatoms. The van der Waals surface area contributed by atoms with Gasteiger partial charge in [-0.1, -0.05) is 44.5 Å². The summed E-state index contributed by atoms with van der Waals surface area (Å²) in [5, 5.41) is 9.04. The fraction of sp³-hybridized carbons (Fsp3) is 0.316. The van der Waals surface area contributed by atoms with Crippen LogP contribution < -0.4 is 0 Å². The molecule has 0 atom stereocenters. The molecule has 2 rings (SSSR count). The second-order valence-corrected chi connectivity index (χ2v) is 7.06. The van der Waals surface area contributed by atoms with Crippen LogP contribution in [0.4, 0.5) is 5.69 Å². The largest absolute Gasteiger partial charge is 0.289 e. The predicted molar refractivity (Wildman–Crippen MR) is 95.0 cm³/mol. The second-order valence-electron chi connectivity index (χ2n) is 6.66. The molecule has 120 valence electrons. The van der Waals surface area contributed by atoms with Gasteiger partial charge < -0.3 is 0 Å². The van der Waals surface area contributed by atoms with Crippen LogP contribution in [0.5, 0.6) is 0 Å². The molecule has 0 fully saturated rings. The van der Waals surface area contributed by atoms with Gasteiger partial charge in [-0.3, -0.25) is 4.79 Å². The minimum absolute atomic E-state index is 0.0945. The highest BCUT2D eigenvalue weighted by molar-refractivity contribution is 6.32. The van der Waals surface area contributed by atoms with Gasteiger partial charge in [0.25, 0.3) is 0 Å². The van der Waals surface area contributed by atoms with Crippen molar-refractivity contribution in [3.8, 4) is 0 Å². The Balaban J connectivity index is 2.42. The highest BCUT2D eigenvalue weighted by atomic mass is 35.5. The van der Waals surface area contributed by atoms with Crippen LogP contribution in [0.15, 0.2) is 69.1 Å². The molecule has 0 aromatic heterocycles. The SMILES string of the molecule is CC1=C/C(=C(\C)N=Nc2ccccc2Cl)C=C(C(C)(C)C)C1=O. The standard InChI is InChI=1S/C19H21ClN2O/c1-12-10-14(11-15(18(12)23)19(3,4)5)13(2)21-22-17-9-7-6-8-16(17)20/h6-11H,1-5H3/b14-13-,22-21?. The first kappa shape index (κ1) is 17.4. The Morgan fingerprint density at radius 1 is 1.13 bits per heavy atom. The molecule has 1 aromatic carbocycles. The van der Waals surface area contributed by atoms with E-state index in [1.165, 1.54) is 0 Å². The highest BCUT2D eigenvalue weighted by Gasteiger charge is 2.27. The zero-order valence-electron chi connectivity index (χ0n) is 14.1. The topological polar surface area (TPSA) is 41.8 Å². The lowest BCUT2D eigenvalue weighted by atomic mass is 9.78. The Morgan fingerprint density at radius 2 is 1.78 bits per heavy atom. The first-order valence-electron chi connectivity index (χ1n) is 7.52. The van der Waals surface area contributed by atoms with Gasteiger partial charge in [-0.05, 0) is 54.7 Å². The van der Waals surface area contributed by atoms with Crippen LogP contribution in [0, 0.1) is 5.41 Å². The molecule has 3 nitrogen and oxygen atoms in total. The van der Waals surface area contributed by atoms with Gasteiger partial charge in [0.05, 0.1) is 10.7 Å². The normalized spacial score (nSPS) is 18.1. The molecule has 0 amide bonds. The number of benzene rings is 1. The summed E-state index contributed by atoms with van der Waals surface area (Å²) in [6.07, 6.45) is 3.77. The molecule has 0 heterocycles. The van der Waals surface area contributed by atoms with E-state index in [2.05, 4.69) is 10.2 Å². The number of allylic oxidation sites excluding steroid dienone is 6. The number of carbonyl (C=O) groups excluding carboxylic acids is 1. The molecule has 0 saturated heterocycles. The first-order valence-corrected chi connectivity index (χ1v) is 7.90. The van der Waals surface area contributed by atoms with Gasteiger partial charge in [-0.25, -0.2) is 0 Å². The van der Waals surface area contributed by atoms with E-state index in [1.807, 2.05) is 65.0 Å². The number of nitrogens with zero attached hydrogens (tertiary/aromatic N) is 2. The average molecular weight is 329 g/mol. The number of rotatable bonds is 2. The van der Waals surface area contributed by atoms with Crippen LogP contribution in [0.3, 0.4) is 0 Å². The maximum absolute atomic E-state index is 12.3. The zero-order chi connectivity index (χ0) is 17.2. The summed E-state index contributed by atoms with van der Waals surface area (Å²) in [4.78, 5) is 12.3. The van der Waals surface area contributed by atoms with Crippen LogP contribution in [-0.2, 0) is 4.79 Å². The maximum atomic E-state index is 12.3. The smallest absolute Gasteiger partial charge is 0.185 e. The van der Waals surface area contributed by atoms with Crippen molar-refractivity contribution in [3.05, 3.63) is 63.9 Å². The number of azo groups is 1. The second kappa shape index (κ2) is 6.63. The number of hydrogen-bond acceptors (Lipinski definition) is 3. The lowest BCUT2D eigenvalue weighted by Gasteiger charge is -2.25. The fourth-order valence-electron chi connectivity index (χ4n) is 2.26. The minimum atomic E-state index is -0.210. The van der Waals surface area contributed by atoms with Gasteiger partial charge in [0, 0.05) is 5.57 Å². The molecule has 0 aliphatic heterocycles. The van der Waals surface area contributed by atoms with Crippen LogP contribution in [-0.4, -0.2) is 5.78 Å². The lowest BCUT2D eigenvalue weighted by Crippen LogP contribution is -2.21. The van der Waals surface area contributed by atoms with Crippen molar-refractivity contribution in [1.29, 1.82) is 0 Å². The molecule has 0 spiro atoms. The van der Waals surface area contributed by atoms with Gasteiger partial charge in [0.1, 0.15) is 5.69 Å². The van der Waals surface area contributed by atoms with Gasteiger partial charge in [-0.15, -0.1) is 5.11 Å². The van der Waals surface area contributed by atoms with Crippen molar-refractivity contribution in [2.75, 3.05) is 0 Å².